The van der Waals surface area contributed by atoms with Gasteiger partial charge in [-0.2, -0.15) is 0 Å². The summed E-state index contributed by atoms with van der Waals surface area (Å²) < 4.78 is 5.81. The van der Waals surface area contributed by atoms with Crippen molar-refractivity contribution in [2.24, 2.45) is 5.73 Å². The minimum Gasteiger partial charge on any atom is -0.457 e. The fourth-order valence-corrected chi connectivity index (χ4v) is 5.24. The molecule has 0 aliphatic rings. The van der Waals surface area contributed by atoms with Gasteiger partial charge in [0.15, 0.2) is 5.13 Å². The predicted molar refractivity (Wildman–Crippen MR) is 128 cm³/mol. The number of amidine groups is 1. The lowest BCUT2D eigenvalue weighted by Gasteiger charge is -2.07. The van der Waals surface area contributed by atoms with Crippen LogP contribution in [0.4, 0.5) is 10.8 Å². The maximum atomic E-state index is 7.48. The van der Waals surface area contributed by atoms with Crippen LogP contribution in [0.2, 0.25) is 5.02 Å². The normalized spacial score (nSPS) is 10.7. The van der Waals surface area contributed by atoms with E-state index in [1.165, 1.54) is 11.3 Å². The number of anilines is 2. The maximum Gasteiger partial charge on any atom is 0.187 e. The summed E-state index contributed by atoms with van der Waals surface area (Å²) in [5, 5.41) is 16.4. The first kappa shape index (κ1) is 20.7. The van der Waals surface area contributed by atoms with Crippen molar-refractivity contribution in [3.05, 3.63) is 81.0 Å². The molecule has 0 unspecified atom stereocenters. The fraction of sp³-hybridized carbons (Fsp3) is 0.0476. The van der Waals surface area contributed by atoms with Crippen molar-refractivity contribution < 1.29 is 4.74 Å². The molecule has 30 heavy (non-hydrogen) atoms. The van der Waals surface area contributed by atoms with Crippen molar-refractivity contribution in [3.63, 3.8) is 0 Å². The average Bonchev–Trinajstić information content (AvgIpc) is 3.39. The van der Waals surface area contributed by atoms with Gasteiger partial charge in [-0.1, -0.05) is 11.6 Å². The van der Waals surface area contributed by atoms with Gasteiger partial charge < -0.3 is 15.8 Å². The van der Waals surface area contributed by atoms with E-state index in [1.807, 2.05) is 53.2 Å². The highest BCUT2D eigenvalue weighted by atomic mass is 35.5. The third-order valence-corrected chi connectivity index (χ3v) is 7.11. The van der Waals surface area contributed by atoms with Crippen molar-refractivity contribution in [2.75, 3.05) is 5.32 Å². The fourth-order valence-electron chi connectivity index (χ4n) is 2.49. The topological polar surface area (TPSA) is 84.0 Å². The lowest BCUT2D eigenvalue weighted by molar-refractivity contribution is 0.483. The summed E-state index contributed by atoms with van der Waals surface area (Å²) in [6.07, 6.45) is 0. The van der Waals surface area contributed by atoms with Gasteiger partial charge in [-0.05, 0) is 54.6 Å². The summed E-state index contributed by atoms with van der Waals surface area (Å²) >= 11 is 10.6. The van der Waals surface area contributed by atoms with E-state index in [0.29, 0.717) is 5.02 Å². The Balaban J connectivity index is 1.31. The highest BCUT2D eigenvalue weighted by molar-refractivity contribution is 7.98. The molecule has 0 aliphatic carbocycles. The molecule has 0 spiro atoms. The number of hydrogen-bond donors (Lipinski definition) is 3. The lowest BCUT2D eigenvalue weighted by Crippen LogP contribution is -2.08. The lowest BCUT2D eigenvalue weighted by atomic mass is 10.3. The quantitative estimate of drug-likeness (QED) is 0.146. The van der Waals surface area contributed by atoms with Crippen LogP contribution in [0.25, 0.3) is 0 Å². The van der Waals surface area contributed by atoms with Crippen LogP contribution in [0, 0.1) is 5.41 Å². The molecule has 0 radical (unpaired) electrons. The van der Waals surface area contributed by atoms with E-state index in [9.17, 15) is 0 Å². The van der Waals surface area contributed by atoms with Crippen LogP contribution in [0.5, 0.6) is 11.5 Å². The first-order chi connectivity index (χ1) is 14.5. The number of thioether (sulfide) groups is 1. The van der Waals surface area contributed by atoms with Gasteiger partial charge in [0.1, 0.15) is 17.3 Å². The van der Waals surface area contributed by atoms with Gasteiger partial charge in [-0.15, -0.1) is 34.4 Å². The van der Waals surface area contributed by atoms with Crippen LogP contribution < -0.4 is 15.8 Å². The second-order valence-corrected chi connectivity index (χ2v) is 9.45. The van der Waals surface area contributed by atoms with E-state index in [-0.39, 0.29) is 5.84 Å². The first-order valence-corrected chi connectivity index (χ1v) is 12.0. The zero-order chi connectivity index (χ0) is 20.9. The van der Waals surface area contributed by atoms with E-state index in [0.717, 1.165) is 43.5 Å². The molecular formula is C21H17ClN4OS3. The molecule has 2 aromatic heterocycles. The number of thiazole rings is 1. The van der Waals surface area contributed by atoms with Crippen molar-refractivity contribution in [3.8, 4) is 11.5 Å². The Bertz CT molecular complexity index is 1140. The summed E-state index contributed by atoms with van der Waals surface area (Å²) in [6, 6.07) is 16.9. The van der Waals surface area contributed by atoms with Crippen LogP contribution in [0.1, 0.15) is 10.6 Å². The molecule has 4 aromatic rings. The average molecular weight is 473 g/mol. The third kappa shape index (κ3) is 5.54. The molecule has 2 aromatic carbocycles. The Morgan fingerprint density at radius 2 is 1.77 bits per heavy atom. The number of nitrogens with one attached hydrogen (secondary N) is 2. The number of ether oxygens (including phenoxy) is 1. The molecule has 0 fully saturated rings. The van der Waals surface area contributed by atoms with Crippen molar-refractivity contribution in [1.29, 1.82) is 5.41 Å². The number of hydrogen-bond acceptors (Lipinski definition) is 7. The summed E-state index contributed by atoms with van der Waals surface area (Å²) in [7, 11) is 0. The molecule has 0 saturated heterocycles. The molecule has 9 heteroatoms. The first-order valence-electron chi connectivity index (χ1n) is 8.86. The minimum atomic E-state index is 0.108. The van der Waals surface area contributed by atoms with Crippen LogP contribution in [0.15, 0.2) is 70.3 Å². The summed E-state index contributed by atoms with van der Waals surface area (Å²) in [5.41, 5.74) is 7.46. The largest absolute Gasteiger partial charge is 0.457 e. The summed E-state index contributed by atoms with van der Waals surface area (Å²) in [6.45, 7) is 0. The van der Waals surface area contributed by atoms with E-state index >= 15 is 0 Å². The number of thiophene rings is 1. The molecule has 0 aliphatic heterocycles. The number of nitrogen functional groups attached to an aromatic ring is 1. The highest BCUT2D eigenvalue weighted by Crippen LogP contribution is 2.30. The smallest absolute Gasteiger partial charge is 0.187 e. The Morgan fingerprint density at radius 3 is 2.43 bits per heavy atom. The molecule has 2 heterocycles. The van der Waals surface area contributed by atoms with Crippen molar-refractivity contribution in [2.45, 2.75) is 10.6 Å². The number of rotatable bonds is 8. The van der Waals surface area contributed by atoms with Crippen molar-refractivity contribution >= 4 is 62.7 Å². The van der Waals surface area contributed by atoms with Gasteiger partial charge in [0, 0.05) is 32.1 Å². The van der Waals surface area contributed by atoms with Crippen molar-refractivity contribution in [1.82, 2.24) is 4.98 Å². The number of halogens is 1. The van der Waals surface area contributed by atoms with Crippen LogP contribution in [0.3, 0.4) is 0 Å². The molecular weight excluding hydrogens is 456 g/mol. The second kappa shape index (κ2) is 9.53. The Hall–Kier alpha value is -2.52. The SMILES string of the molecule is N=C(N)c1cc(SCc2csc(Nc3ccc(Oc4ccc(Cl)cc4)cc3)n2)cs1. The van der Waals surface area contributed by atoms with Crippen LogP contribution in [-0.4, -0.2) is 10.8 Å². The van der Waals surface area contributed by atoms with Gasteiger partial charge in [-0.25, -0.2) is 4.98 Å². The molecule has 0 saturated carbocycles. The molecule has 0 amide bonds. The standard InChI is InChI=1S/C21H17ClN4OS3/c22-13-1-5-16(6-2-13)27-17-7-3-14(4-8-17)25-21-26-15(11-30-21)10-28-18-9-19(20(23)24)29-12-18/h1-9,11-12H,10H2,(H3,23,24)(H,25,26). The molecule has 5 nitrogen and oxygen atoms in total. The number of benzene rings is 2. The molecule has 4 N–H and O–H groups in total. The third-order valence-electron chi connectivity index (χ3n) is 3.93. The van der Waals surface area contributed by atoms with Gasteiger partial charge in [-0.3, -0.25) is 5.41 Å². The van der Waals surface area contributed by atoms with Crippen LogP contribution in [-0.2, 0) is 5.75 Å². The minimum absolute atomic E-state index is 0.108. The highest BCUT2D eigenvalue weighted by Gasteiger charge is 2.07. The molecule has 4 rings (SSSR count). The molecule has 0 atom stereocenters. The zero-order valence-electron chi connectivity index (χ0n) is 15.6. The van der Waals surface area contributed by atoms with Gasteiger partial charge in [0.2, 0.25) is 0 Å². The Labute approximate surface area is 191 Å². The van der Waals surface area contributed by atoms with E-state index in [1.54, 1.807) is 35.2 Å². The van der Waals surface area contributed by atoms with Gasteiger partial charge in [0.05, 0.1) is 10.6 Å². The summed E-state index contributed by atoms with van der Waals surface area (Å²) in [5.74, 6) is 2.36. The van der Waals surface area contributed by atoms with Gasteiger partial charge in [0.25, 0.3) is 0 Å². The maximum absolute atomic E-state index is 7.48. The molecule has 152 valence electrons. The zero-order valence-corrected chi connectivity index (χ0v) is 18.8. The number of nitrogens with two attached hydrogens (primary N) is 1. The number of aromatic nitrogens is 1. The monoisotopic (exact) mass is 472 g/mol. The number of nitrogens with zero attached hydrogens (tertiary/aromatic N) is 1. The Morgan fingerprint density at radius 1 is 1.07 bits per heavy atom. The second-order valence-electron chi connectivity index (χ2n) is 6.20. The Kier molecular flexibility index (Phi) is 6.59. The molecule has 0 bridgehead atoms. The van der Waals surface area contributed by atoms with Crippen LogP contribution >= 0.6 is 46.0 Å². The predicted octanol–water partition coefficient (Wildman–Crippen LogP) is 6.97. The van der Waals surface area contributed by atoms with E-state index < -0.39 is 0 Å². The summed E-state index contributed by atoms with van der Waals surface area (Å²) in [4.78, 5) is 6.53. The van der Waals surface area contributed by atoms with Gasteiger partial charge >= 0.3 is 0 Å². The van der Waals surface area contributed by atoms with E-state index in [4.69, 9.17) is 27.5 Å². The van der Waals surface area contributed by atoms with E-state index in [2.05, 4.69) is 10.3 Å².